The molecule has 0 unspecified atom stereocenters. The Labute approximate surface area is 153 Å². The molecule has 138 valence electrons. The Hall–Kier alpha value is -2.91. The van der Waals surface area contributed by atoms with E-state index >= 15 is 0 Å². The van der Waals surface area contributed by atoms with Gasteiger partial charge in [-0.25, -0.2) is 10.8 Å². The largest absolute Gasteiger partial charge is 0.353 e. The van der Waals surface area contributed by atoms with Crippen LogP contribution in [0.15, 0.2) is 35.6 Å². The quantitative estimate of drug-likeness (QED) is 0.452. The number of aromatic nitrogens is 2. The van der Waals surface area contributed by atoms with Crippen LogP contribution in [0.1, 0.15) is 19.4 Å². The van der Waals surface area contributed by atoms with Crippen LogP contribution in [0.3, 0.4) is 0 Å². The monoisotopic (exact) mass is 355 g/mol. The zero-order chi connectivity index (χ0) is 18.5. The third-order valence-electron chi connectivity index (χ3n) is 4.40. The summed E-state index contributed by atoms with van der Waals surface area (Å²) in [6.07, 6.45) is 1.67. The number of rotatable bonds is 6. The van der Waals surface area contributed by atoms with E-state index in [9.17, 15) is 0 Å². The zero-order valence-corrected chi connectivity index (χ0v) is 15.1. The molecule has 0 spiro atoms. The Morgan fingerprint density at radius 1 is 1.27 bits per heavy atom. The summed E-state index contributed by atoms with van der Waals surface area (Å²) in [5, 5.41) is 11.8. The van der Waals surface area contributed by atoms with Crippen molar-refractivity contribution in [2.24, 2.45) is 16.8 Å². The van der Waals surface area contributed by atoms with Gasteiger partial charge in [0.1, 0.15) is 5.82 Å². The van der Waals surface area contributed by atoms with Gasteiger partial charge >= 0.3 is 0 Å². The van der Waals surface area contributed by atoms with Crippen molar-refractivity contribution in [1.29, 1.82) is 0 Å². The second-order valence-electron chi connectivity index (χ2n) is 5.87. The van der Waals surface area contributed by atoms with Crippen molar-refractivity contribution < 1.29 is 0 Å². The van der Waals surface area contributed by atoms with Gasteiger partial charge in [0.15, 0.2) is 5.84 Å². The number of hydrazine groups is 1. The first-order valence-corrected chi connectivity index (χ1v) is 8.70. The van der Waals surface area contributed by atoms with Crippen LogP contribution in [0, 0.1) is 0 Å². The number of benzene rings is 1. The highest BCUT2D eigenvalue weighted by molar-refractivity contribution is 6.15. The van der Waals surface area contributed by atoms with E-state index in [2.05, 4.69) is 44.5 Å². The van der Waals surface area contributed by atoms with E-state index in [0.29, 0.717) is 23.2 Å². The fourth-order valence-corrected chi connectivity index (χ4v) is 2.88. The van der Waals surface area contributed by atoms with Crippen molar-refractivity contribution in [2.45, 2.75) is 13.8 Å². The standard InChI is InChI=1S/C17H25N9/c1-3-25(4-2)10-9-20-17-21-11-12-15(23-17)22-13-7-5-6-8-14(13)26(19)16(12)24-18/h5-8,11H,3-4,9-10,18-19H2,1-2H3,(H2,20,21,22,23)/b24-16-. The van der Waals surface area contributed by atoms with Crippen LogP contribution in [0.5, 0.6) is 0 Å². The Morgan fingerprint density at radius 2 is 2.04 bits per heavy atom. The van der Waals surface area contributed by atoms with Crippen LogP contribution in [0.25, 0.3) is 0 Å². The number of fused-ring (bicyclic) bond motifs is 2. The highest BCUT2D eigenvalue weighted by Crippen LogP contribution is 2.33. The fourth-order valence-electron chi connectivity index (χ4n) is 2.88. The highest BCUT2D eigenvalue weighted by Gasteiger charge is 2.24. The number of nitrogens with two attached hydrogens (primary N) is 2. The summed E-state index contributed by atoms with van der Waals surface area (Å²) in [7, 11) is 0. The molecule has 1 aliphatic heterocycles. The first-order chi connectivity index (χ1) is 12.7. The normalized spacial score (nSPS) is 14.6. The van der Waals surface area contributed by atoms with Crippen LogP contribution >= 0.6 is 0 Å². The van der Waals surface area contributed by atoms with Gasteiger partial charge in [0.25, 0.3) is 0 Å². The van der Waals surface area contributed by atoms with E-state index in [0.717, 1.165) is 37.6 Å². The van der Waals surface area contributed by atoms with Gasteiger partial charge in [0.2, 0.25) is 5.95 Å². The van der Waals surface area contributed by atoms with Crippen molar-refractivity contribution >= 4 is 29.0 Å². The number of hydrogen-bond acceptors (Lipinski definition) is 8. The smallest absolute Gasteiger partial charge is 0.224 e. The van der Waals surface area contributed by atoms with E-state index < -0.39 is 0 Å². The Bertz CT molecular complexity index is 786. The minimum atomic E-state index is 0.396. The first-order valence-electron chi connectivity index (χ1n) is 8.70. The molecule has 1 aliphatic rings. The van der Waals surface area contributed by atoms with E-state index in [1.165, 1.54) is 5.01 Å². The number of para-hydroxylation sites is 2. The molecule has 6 N–H and O–H groups in total. The molecule has 0 atom stereocenters. The highest BCUT2D eigenvalue weighted by atomic mass is 15.5. The molecule has 9 nitrogen and oxygen atoms in total. The number of hydrazone groups is 1. The van der Waals surface area contributed by atoms with Gasteiger partial charge in [-0.15, -0.1) is 0 Å². The van der Waals surface area contributed by atoms with Crippen LogP contribution < -0.4 is 27.3 Å². The summed E-state index contributed by atoms with van der Waals surface area (Å²) in [4.78, 5) is 11.3. The maximum absolute atomic E-state index is 6.20. The molecule has 3 rings (SSSR count). The van der Waals surface area contributed by atoms with Crippen molar-refractivity contribution in [3.63, 3.8) is 0 Å². The van der Waals surface area contributed by atoms with E-state index in [1.54, 1.807) is 6.20 Å². The van der Waals surface area contributed by atoms with E-state index in [-0.39, 0.29) is 0 Å². The molecule has 26 heavy (non-hydrogen) atoms. The van der Waals surface area contributed by atoms with Gasteiger partial charge in [0, 0.05) is 19.3 Å². The number of anilines is 4. The number of hydrogen-bond donors (Lipinski definition) is 4. The molecular formula is C17H25N9. The molecule has 1 aromatic carbocycles. The Morgan fingerprint density at radius 3 is 2.77 bits per heavy atom. The van der Waals surface area contributed by atoms with Crippen molar-refractivity contribution in [3.05, 3.63) is 36.0 Å². The lowest BCUT2D eigenvalue weighted by Gasteiger charge is -2.19. The molecule has 0 saturated heterocycles. The number of nitrogens with one attached hydrogen (secondary N) is 2. The van der Waals surface area contributed by atoms with Crippen LogP contribution in [-0.2, 0) is 0 Å². The third-order valence-corrected chi connectivity index (χ3v) is 4.40. The second-order valence-corrected chi connectivity index (χ2v) is 5.87. The van der Waals surface area contributed by atoms with Crippen LogP contribution in [-0.4, -0.2) is 46.9 Å². The Balaban J connectivity index is 1.86. The minimum Gasteiger partial charge on any atom is -0.353 e. The van der Waals surface area contributed by atoms with Crippen molar-refractivity contribution in [2.75, 3.05) is 41.8 Å². The molecule has 0 radical (unpaired) electrons. The van der Waals surface area contributed by atoms with Crippen LogP contribution in [0.2, 0.25) is 0 Å². The van der Waals surface area contributed by atoms with Gasteiger partial charge in [-0.3, -0.25) is 5.01 Å². The molecule has 0 amide bonds. The van der Waals surface area contributed by atoms with Crippen molar-refractivity contribution in [1.82, 2.24) is 14.9 Å². The second kappa shape index (κ2) is 7.98. The summed E-state index contributed by atoms with van der Waals surface area (Å²) in [5.74, 6) is 13.3. The summed E-state index contributed by atoms with van der Waals surface area (Å²) < 4.78 is 0. The predicted molar refractivity (Wildman–Crippen MR) is 105 cm³/mol. The lowest BCUT2D eigenvalue weighted by molar-refractivity contribution is 0.316. The maximum Gasteiger partial charge on any atom is 0.224 e. The van der Waals surface area contributed by atoms with E-state index in [4.69, 9.17) is 11.7 Å². The zero-order valence-electron chi connectivity index (χ0n) is 15.1. The van der Waals surface area contributed by atoms with Gasteiger partial charge in [-0.2, -0.15) is 10.1 Å². The average molecular weight is 355 g/mol. The number of likely N-dealkylation sites (N-methyl/N-ethyl adjacent to an activating group) is 1. The molecule has 0 fully saturated rings. The molecule has 9 heteroatoms. The van der Waals surface area contributed by atoms with Crippen LogP contribution in [0.4, 0.5) is 23.1 Å². The molecular weight excluding hydrogens is 330 g/mol. The molecule has 0 bridgehead atoms. The van der Waals surface area contributed by atoms with E-state index in [1.807, 2.05) is 24.3 Å². The predicted octanol–water partition coefficient (Wildman–Crippen LogP) is 1.29. The van der Waals surface area contributed by atoms with Gasteiger partial charge in [0.05, 0.1) is 16.9 Å². The topological polar surface area (TPSA) is 121 Å². The Kier molecular flexibility index (Phi) is 5.49. The molecule has 0 saturated carbocycles. The summed E-state index contributed by atoms with van der Waals surface area (Å²) >= 11 is 0. The minimum absolute atomic E-state index is 0.396. The van der Waals surface area contributed by atoms with Crippen molar-refractivity contribution in [3.8, 4) is 0 Å². The fraction of sp³-hybridized carbons (Fsp3) is 0.353. The lowest BCUT2D eigenvalue weighted by Crippen LogP contribution is -2.38. The molecule has 1 aromatic heterocycles. The third kappa shape index (κ3) is 3.53. The summed E-state index contributed by atoms with van der Waals surface area (Å²) in [5.41, 5.74) is 2.22. The molecule has 0 aliphatic carbocycles. The SMILES string of the molecule is CCN(CC)CCNc1ncc2c(n1)Nc1ccccc1N(N)/C2=N\N. The maximum atomic E-state index is 6.20. The summed E-state index contributed by atoms with van der Waals surface area (Å²) in [6, 6.07) is 7.63. The summed E-state index contributed by atoms with van der Waals surface area (Å²) in [6.45, 7) is 8.02. The molecule has 2 heterocycles. The number of nitrogens with zero attached hydrogens (tertiary/aromatic N) is 5. The first kappa shape index (κ1) is 17.9. The van der Waals surface area contributed by atoms with Gasteiger partial charge in [-0.05, 0) is 25.2 Å². The average Bonchev–Trinajstić information content (AvgIpc) is 2.78. The number of amidine groups is 1. The molecule has 2 aromatic rings. The lowest BCUT2D eigenvalue weighted by atomic mass is 10.2. The van der Waals surface area contributed by atoms with Gasteiger partial charge < -0.3 is 21.4 Å². The van der Waals surface area contributed by atoms with Gasteiger partial charge in [-0.1, -0.05) is 26.0 Å².